The van der Waals surface area contributed by atoms with Crippen LogP contribution in [-0.4, -0.2) is 61.8 Å². The normalized spacial score (nSPS) is 20.6. The van der Waals surface area contributed by atoms with Gasteiger partial charge < -0.3 is 31.5 Å². The third-order valence-electron chi connectivity index (χ3n) is 4.43. The minimum Gasteiger partial charge on any atom is -0.506 e. The first-order chi connectivity index (χ1) is 14.6. The average Bonchev–Trinajstić information content (AvgIpc) is 2.61. The summed E-state index contributed by atoms with van der Waals surface area (Å²) in [5.74, 6) is -6.23. The average molecular weight is 473 g/mol. The predicted molar refractivity (Wildman–Crippen MR) is 104 cm³/mol. The Morgan fingerprint density at radius 1 is 1.28 bits per heavy atom. The van der Waals surface area contributed by atoms with Crippen molar-refractivity contribution >= 4 is 27.6 Å². The van der Waals surface area contributed by atoms with E-state index >= 15 is 0 Å². The first-order valence-corrected chi connectivity index (χ1v) is 10.3. The fourth-order valence-electron chi connectivity index (χ4n) is 3.14. The number of benzene rings is 1. The lowest BCUT2D eigenvalue weighted by atomic mass is 9.93. The number of nitrogens with one attached hydrogen (secondary N) is 1. The minimum atomic E-state index is -4.78. The molecular formula is C17H17F2N5O7S. The number of sulfonamides is 1. The molecule has 1 amide bonds. The number of hydrogen-bond donors (Lipinski definition) is 6. The van der Waals surface area contributed by atoms with E-state index in [4.69, 9.17) is 5.73 Å². The van der Waals surface area contributed by atoms with Crippen molar-refractivity contribution < 1.29 is 42.4 Å². The molecule has 0 saturated carbocycles. The number of carbonyl (C=O) groups is 1. The maximum Gasteiger partial charge on any atom is 0.385 e. The van der Waals surface area contributed by atoms with E-state index in [2.05, 4.69) is 15.3 Å². The molecule has 1 aromatic carbocycles. The van der Waals surface area contributed by atoms with E-state index in [0.717, 1.165) is 19.2 Å². The molecule has 3 rings (SSSR count). The summed E-state index contributed by atoms with van der Waals surface area (Å²) in [5.41, 5.74) is 2.30. The molecule has 1 aliphatic heterocycles. The Bertz CT molecular complexity index is 1220. The van der Waals surface area contributed by atoms with Crippen molar-refractivity contribution in [3.63, 3.8) is 0 Å². The molecule has 0 aliphatic carbocycles. The second kappa shape index (κ2) is 7.63. The Morgan fingerprint density at radius 3 is 2.47 bits per heavy atom. The Kier molecular flexibility index (Phi) is 5.55. The first kappa shape index (κ1) is 23.3. The summed E-state index contributed by atoms with van der Waals surface area (Å²) in [4.78, 5) is 19.7. The Hall–Kier alpha value is -3.40. The highest BCUT2D eigenvalue weighted by atomic mass is 32.2. The van der Waals surface area contributed by atoms with Crippen molar-refractivity contribution in [2.24, 2.45) is 10.7 Å². The van der Waals surface area contributed by atoms with Gasteiger partial charge in [0.1, 0.15) is 17.0 Å². The molecule has 0 fully saturated rings. The highest BCUT2D eigenvalue weighted by molar-refractivity contribution is 7.89. The highest BCUT2D eigenvalue weighted by Gasteiger charge is 2.50. The van der Waals surface area contributed by atoms with E-state index in [0.29, 0.717) is 6.07 Å². The largest absolute Gasteiger partial charge is 0.506 e. The van der Waals surface area contributed by atoms with E-state index in [9.17, 15) is 42.4 Å². The van der Waals surface area contributed by atoms with Crippen LogP contribution in [-0.2, 0) is 15.6 Å². The van der Waals surface area contributed by atoms with Crippen molar-refractivity contribution in [1.29, 1.82) is 0 Å². The lowest BCUT2D eigenvalue weighted by molar-refractivity contribution is -0.355. The minimum absolute atomic E-state index is 0.163. The number of halogens is 2. The van der Waals surface area contributed by atoms with Crippen molar-refractivity contribution in [2.45, 2.75) is 18.6 Å². The monoisotopic (exact) mass is 473 g/mol. The van der Waals surface area contributed by atoms with Gasteiger partial charge in [0.25, 0.3) is 5.91 Å². The molecule has 1 aromatic heterocycles. The van der Waals surface area contributed by atoms with E-state index in [1.54, 1.807) is 0 Å². The number of rotatable bonds is 4. The van der Waals surface area contributed by atoms with Gasteiger partial charge in [-0.15, -0.1) is 0 Å². The molecule has 32 heavy (non-hydrogen) atoms. The Morgan fingerprint density at radius 2 is 1.94 bits per heavy atom. The molecule has 0 saturated heterocycles. The van der Waals surface area contributed by atoms with Crippen LogP contribution >= 0.6 is 0 Å². The second-order valence-electron chi connectivity index (χ2n) is 7.04. The number of aromatic hydroxyl groups is 1. The maximum absolute atomic E-state index is 14.6. The lowest BCUT2D eigenvalue weighted by Crippen LogP contribution is -2.62. The van der Waals surface area contributed by atoms with Gasteiger partial charge in [-0.25, -0.2) is 27.2 Å². The standard InChI is InChI=1S/C17H17F2N5O7S/c1-16(7-32(30,31)24(15(20)23-16)17(27,28)29)10-4-8(5-11(18)13(10)19)22-14(26)12-3-2-9(25)6-21-12/h2-6,25,27-29H,7H2,1H3,(H2,20,23)(H,22,26)/t16-/m0/s1. The van der Waals surface area contributed by atoms with E-state index in [1.165, 1.54) is 12.1 Å². The summed E-state index contributed by atoms with van der Waals surface area (Å²) < 4.78 is 53.5. The fraction of sp³-hybridized carbons (Fsp3) is 0.235. The van der Waals surface area contributed by atoms with Gasteiger partial charge in [-0.3, -0.25) is 4.79 Å². The number of aliphatic hydroxyl groups is 3. The number of amides is 1. The summed E-state index contributed by atoms with van der Waals surface area (Å²) in [6.45, 7) is 1.08. The Balaban J connectivity index is 2.05. The zero-order valence-corrected chi connectivity index (χ0v) is 17.0. The molecule has 15 heteroatoms. The molecule has 2 aromatic rings. The highest BCUT2D eigenvalue weighted by Crippen LogP contribution is 2.37. The van der Waals surface area contributed by atoms with Crippen LogP contribution in [0.1, 0.15) is 23.0 Å². The van der Waals surface area contributed by atoms with Crippen LogP contribution in [0.2, 0.25) is 0 Å². The van der Waals surface area contributed by atoms with Crippen LogP contribution in [0.5, 0.6) is 5.75 Å². The second-order valence-corrected chi connectivity index (χ2v) is 8.86. The molecule has 0 radical (unpaired) electrons. The molecule has 7 N–H and O–H groups in total. The summed E-state index contributed by atoms with van der Waals surface area (Å²) in [7, 11) is -4.78. The third kappa shape index (κ3) is 4.31. The molecular weight excluding hydrogens is 456 g/mol. The zero-order valence-electron chi connectivity index (χ0n) is 16.2. The molecule has 1 atom stereocenters. The van der Waals surface area contributed by atoms with Crippen molar-refractivity contribution in [1.82, 2.24) is 9.29 Å². The molecule has 0 spiro atoms. The number of carbonyl (C=O) groups excluding carboxylic acids is 1. The summed E-state index contributed by atoms with van der Waals surface area (Å²) in [5, 5.41) is 39.2. The lowest BCUT2D eigenvalue weighted by Gasteiger charge is -2.38. The quantitative estimate of drug-likeness (QED) is 0.304. The number of aromatic nitrogens is 1. The SMILES string of the molecule is C[C@@]1(c2cc(NC(=O)c3ccc(O)cn3)cc(F)c2F)CS(=O)(=O)N(C(O)(O)O)C(N)=N1. The van der Waals surface area contributed by atoms with E-state index in [-0.39, 0.29) is 17.1 Å². The van der Waals surface area contributed by atoms with Crippen LogP contribution in [0, 0.1) is 11.6 Å². The van der Waals surface area contributed by atoms with Gasteiger partial charge >= 0.3 is 6.10 Å². The number of pyridine rings is 1. The number of aliphatic imine (C=N–C) groups is 1. The van der Waals surface area contributed by atoms with E-state index in [1.807, 2.05) is 0 Å². The maximum atomic E-state index is 14.6. The molecule has 12 nitrogen and oxygen atoms in total. The van der Waals surface area contributed by atoms with Gasteiger partial charge in [0.05, 0.1) is 11.9 Å². The number of nitrogens with two attached hydrogens (primary N) is 1. The molecule has 1 aliphatic rings. The van der Waals surface area contributed by atoms with Crippen molar-refractivity contribution in [3.8, 4) is 5.75 Å². The molecule has 0 bridgehead atoms. The van der Waals surface area contributed by atoms with Gasteiger partial charge in [-0.05, 0) is 25.1 Å². The Labute approximate surface area is 179 Å². The van der Waals surface area contributed by atoms with Crippen LogP contribution in [0.3, 0.4) is 0 Å². The summed E-state index contributed by atoms with van der Waals surface area (Å²) in [6.07, 6.45) is -2.92. The van der Waals surface area contributed by atoms with Crippen LogP contribution in [0.4, 0.5) is 14.5 Å². The first-order valence-electron chi connectivity index (χ1n) is 8.65. The van der Waals surface area contributed by atoms with Crippen LogP contribution in [0.25, 0.3) is 0 Å². The summed E-state index contributed by atoms with van der Waals surface area (Å²) >= 11 is 0. The molecule has 172 valence electrons. The van der Waals surface area contributed by atoms with Crippen molar-refractivity contribution in [3.05, 3.63) is 53.4 Å². The van der Waals surface area contributed by atoms with Crippen LogP contribution in [0.15, 0.2) is 35.5 Å². The van der Waals surface area contributed by atoms with Gasteiger partial charge in [0, 0.05) is 17.3 Å². The smallest absolute Gasteiger partial charge is 0.385 e. The van der Waals surface area contributed by atoms with Gasteiger partial charge in [0.15, 0.2) is 11.6 Å². The number of hydrogen-bond acceptors (Lipinski definition) is 10. The fourth-order valence-corrected chi connectivity index (χ4v) is 4.90. The number of nitrogens with zero attached hydrogens (tertiary/aromatic N) is 3. The number of guanidine groups is 1. The third-order valence-corrected chi connectivity index (χ3v) is 6.35. The van der Waals surface area contributed by atoms with Gasteiger partial charge in [-0.1, -0.05) is 0 Å². The van der Waals surface area contributed by atoms with Crippen molar-refractivity contribution in [2.75, 3.05) is 11.1 Å². The number of anilines is 1. The van der Waals surface area contributed by atoms with Gasteiger partial charge in [0.2, 0.25) is 16.0 Å². The predicted octanol–water partition coefficient (Wildman–Crippen LogP) is -0.919. The zero-order chi connectivity index (χ0) is 24.1. The van der Waals surface area contributed by atoms with Crippen LogP contribution < -0.4 is 11.1 Å². The van der Waals surface area contributed by atoms with Gasteiger partial charge in [-0.2, -0.15) is 4.31 Å². The summed E-state index contributed by atoms with van der Waals surface area (Å²) in [6, 6.07) is 3.91. The topological polar surface area (TPSA) is 199 Å². The molecule has 0 unspecified atom stereocenters. The molecule has 2 heterocycles. The van der Waals surface area contributed by atoms with E-state index < -0.39 is 60.8 Å².